The maximum Gasteiger partial charge on any atom is 0.254 e. The highest BCUT2D eigenvalue weighted by atomic mass is 16.3. The van der Waals surface area contributed by atoms with Crippen LogP contribution in [0.25, 0.3) is 5.69 Å². The Bertz CT molecular complexity index is 657. The number of aromatic nitrogens is 2. The lowest BCUT2D eigenvalue weighted by atomic mass is 9.93. The number of aliphatic hydroxyl groups is 1. The summed E-state index contributed by atoms with van der Waals surface area (Å²) in [5.41, 5.74) is 2.65. The molecule has 0 unspecified atom stereocenters. The number of benzene rings is 1. The summed E-state index contributed by atoms with van der Waals surface area (Å²) in [7, 11) is 0. The molecule has 0 saturated heterocycles. The van der Waals surface area contributed by atoms with Crippen molar-refractivity contribution in [1.82, 2.24) is 15.1 Å². The van der Waals surface area contributed by atoms with Crippen molar-refractivity contribution in [3.05, 3.63) is 47.8 Å². The number of hydrogen-bond donors (Lipinski definition) is 2. The Morgan fingerprint density at radius 1 is 1.27 bits per heavy atom. The van der Waals surface area contributed by atoms with Crippen LogP contribution in [0.15, 0.2) is 36.7 Å². The lowest BCUT2D eigenvalue weighted by molar-refractivity contribution is 0.0867. The number of carbonyl (C=O) groups excluding carboxylic acids is 1. The van der Waals surface area contributed by atoms with Crippen LogP contribution in [0.3, 0.4) is 0 Å². The monoisotopic (exact) mass is 299 g/mol. The molecule has 116 valence electrons. The van der Waals surface area contributed by atoms with Gasteiger partial charge in [0.15, 0.2) is 0 Å². The molecule has 5 nitrogen and oxygen atoms in total. The number of hydrogen-bond acceptors (Lipinski definition) is 3. The summed E-state index contributed by atoms with van der Waals surface area (Å²) >= 11 is 0. The molecular weight excluding hydrogens is 278 g/mol. The Kier molecular flexibility index (Phi) is 4.24. The Labute approximate surface area is 130 Å². The summed E-state index contributed by atoms with van der Waals surface area (Å²) in [6, 6.07) is 8.08. The number of para-hydroxylation sites is 1. The van der Waals surface area contributed by atoms with Crippen LogP contribution < -0.4 is 5.32 Å². The average Bonchev–Trinajstić information content (AvgIpc) is 3.00. The standard InChI is InChI=1S/C17H21N3O2/c1-12-4-2-3-5-16(12)20-11-13(10-18-20)17(22)19-14-6-8-15(21)9-7-14/h2-5,10-11,14-15,21H,6-9H2,1H3,(H,19,22). The van der Waals surface area contributed by atoms with E-state index in [0.29, 0.717) is 5.56 Å². The Hall–Kier alpha value is -2.14. The van der Waals surface area contributed by atoms with E-state index in [9.17, 15) is 9.90 Å². The smallest absolute Gasteiger partial charge is 0.254 e. The molecule has 22 heavy (non-hydrogen) atoms. The van der Waals surface area contributed by atoms with E-state index >= 15 is 0 Å². The highest BCUT2D eigenvalue weighted by Crippen LogP contribution is 2.19. The fourth-order valence-corrected chi connectivity index (χ4v) is 2.88. The second kappa shape index (κ2) is 6.32. The molecule has 1 aromatic heterocycles. The van der Waals surface area contributed by atoms with E-state index < -0.39 is 0 Å². The Morgan fingerprint density at radius 3 is 2.73 bits per heavy atom. The second-order valence-electron chi connectivity index (χ2n) is 5.94. The van der Waals surface area contributed by atoms with Gasteiger partial charge in [-0.1, -0.05) is 18.2 Å². The molecule has 1 saturated carbocycles. The molecule has 0 radical (unpaired) electrons. The first kappa shape index (κ1) is 14.8. The molecule has 1 amide bonds. The second-order valence-corrected chi connectivity index (χ2v) is 5.94. The van der Waals surface area contributed by atoms with E-state index in [2.05, 4.69) is 10.4 Å². The Balaban J connectivity index is 1.68. The molecule has 2 aromatic rings. The van der Waals surface area contributed by atoms with Gasteiger partial charge in [0.05, 0.1) is 23.6 Å². The molecule has 2 N–H and O–H groups in total. The third-order valence-electron chi connectivity index (χ3n) is 4.24. The van der Waals surface area contributed by atoms with Gasteiger partial charge < -0.3 is 10.4 Å². The number of nitrogens with zero attached hydrogens (tertiary/aromatic N) is 2. The molecule has 1 heterocycles. The average molecular weight is 299 g/mol. The van der Waals surface area contributed by atoms with Crippen molar-refractivity contribution < 1.29 is 9.90 Å². The van der Waals surface area contributed by atoms with Gasteiger partial charge in [-0.25, -0.2) is 4.68 Å². The zero-order valence-electron chi connectivity index (χ0n) is 12.7. The van der Waals surface area contributed by atoms with Crippen LogP contribution in [-0.2, 0) is 0 Å². The van der Waals surface area contributed by atoms with Crippen LogP contribution in [0.2, 0.25) is 0 Å². The first-order valence-electron chi connectivity index (χ1n) is 7.73. The van der Waals surface area contributed by atoms with Gasteiger partial charge in [-0.15, -0.1) is 0 Å². The maximum atomic E-state index is 12.3. The highest BCUT2D eigenvalue weighted by molar-refractivity contribution is 5.94. The topological polar surface area (TPSA) is 67.2 Å². The lowest BCUT2D eigenvalue weighted by Crippen LogP contribution is -2.38. The fourth-order valence-electron chi connectivity index (χ4n) is 2.88. The van der Waals surface area contributed by atoms with Gasteiger partial charge in [-0.2, -0.15) is 5.10 Å². The number of nitrogens with one attached hydrogen (secondary N) is 1. The normalized spacial score (nSPS) is 21.5. The van der Waals surface area contributed by atoms with E-state index in [1.165, 1.54) is 0 Å². The molecule has 0 bridgehead atoms. The number of aryl methyl sites for hydroxylation is 1. The van der Waals surface area contributed by atoms with Crippen molar-refractivity contribution in [3.63, 3.8) is 0 Å². The van der Waals surface area contributed by atoms with Gasteiger partial charge in [0.1, 0.15) is 0 Å². The summed E-state index contributed by atoms with van der Waals surface area (Å²) in [5.74, 6) is -0.0961. The first-order valence-corrected chi connectivity index (χ1v) is 7.73. The zero-order valence-corrected chi connectivity index (χ0v) is 12.7. The van der Waals surface area contributed by atoms with Gasteiger partial charge in [0.2, 0.25) is 0 Å². The maximum absolute atomic E-state index is 12.3. The molecular formula is C17H21N3O2. The SMILES string of the molecule is Cc1ccccc1-n1cc(C(=O)NC2CCC(O)CC2)cn1. The molecule has 1 aliphatic rings. The third kappa shape index (κ3) is 3.20. The van der Waals surface area contributed by atoms with Crippen molar-refractivity contribution in [3.8, 4) is 5.69 Å². The van der Waals surface area contributed by atoms with E-state index in [-0.39, 0.29) is 18.1 Å². The highest BCUT2D eigenvalue weighted by Gasteiger charge is 2.21. The Morgan fingerprint density at radius 2 is 2.00 bits per heavy atom. The molecule has 1 aliphatic carbocycles. The lowest BCUT2D eigenvalue weighted by Gasteiger charge is -2.25. The minimum Gasteiger partial charge on any atom is -0.393 e. The first-order chi connectivity index (χ1) is 10.6. The van der Waals surface area contributed by atoms with Crippen LogP contribution in [0.1, 0.15) is 41.6 Å². The molecule has 0 aliphatic heterocycles. The van der Waals surface area contributed by atoms with E-state index in [1.807, 2.05) is 31.2 Å². The summed E-state index contributed by atoms with van der Waals surface area (Å²) in [6.45, 7) is 2.02. The summed E-state index contributed by atoms with van der Waals surface area (Å²) in [4.78, 5) is 12.3. The summed E-state index contributed by atoms with van der Waals surface area (Å²) in [6.07, 6.45) is 6.32. The van der Waals surface area contributed by atoms with Crippen LogP contribution in [0.5, 0.6) is 0 Å². The fraction of sp³-hybridized carbons (Fsp3) is 0.412. The molecule has 0 atom stereocenters. The summed E-state index contributed by atoms with van der Waals surface area (Å²) in [5, 5.41) is 16.8. The predicted molar refractivity (Wildman–Crippen MR) is 84.0 cm³/mol. The molecule has 1 fully saturated rings. The minimum atomic E-state index is -0.211. The minimum absolute atomic E-state index is 0.0961. The van der Waals surface area contributed by atoms with Crippen LogP contribution in [0.4, 0.5) is 0 Å². The van der Waals surface area contributed by atoms with Crippen molar-refractivity contribution in [2.45, 2.75) is 44.8 Å². The van der Waals surface area contributed by atoms with Crippen molar-refractivity contribution in [1.29, 1.82) is 0 Å². The third-order valence-corrected chi connectivity index (χ3v) is 4.24. The van der Waals surface area contributed by atoms with Crippen LogP contribution >= 0.6 is 0 Å². The molecule has 5 heteroatoms. The largest absolute Gasteiger partial charge is 0.393 e. The molecule has 3 rings (SSSR count). The van der Waals surface area contributed by atoms with Crippen LogP contribution in [-0.4, -0.2) is 32.9 Å². The quantitative estimate of drug-likeness (QED) is 0.913. The number of aliphatic hydroxyl groups excluding tert-OH is 1. The van der Waals surface area contributed by atoms with Crippen molar-refractivity contribution >= 4 is 5.91 Å². The van der Waals surface area contributed by atoms with Crippen molar-refractivity contribution in [2.24, 2.45) is 0 Å². The number of carbonyl (C=O) groups is 1. The van der Waals surface area contributed by atoms with Gasteiger partial charge in [-0.05, 0) is 44.2 Å². The van der Waals surface area contributed by atoms with Gasteiger partial charge >= 0.3 is 0 Å². The number of rotatable bonds is 3. The van der Waals surface area contributed by atoms with E-state index in [4.69, 9.17) is 0 Å². The van der Waals surface area contributed by atoms with Crippen LogP contribution in [0, 0.1) is 6.92 Å². The van der Waals surface area contributed by atoms with E-state index in [0.717, 1.165) is 36.9 Å². The van der Waals surface area contributed by atoms with Gasteiger partial charge in [-0.3, -0.25) is 4.79 Å². The predicted octanol–water partition coefficient (Wildman–Crippen LogP) is 2.21. The summed E-state index contributed by atoms with van der Waals surface area (Å²) < 4.78 is 1.73. The number of amides is 1. The van der Waals surface area contributed by atoms with Gasteiger partial charge in [0, 0.05) is 12.2 Å². The molecule has 0 spiro atoms. The zero-order chi connectivity index (χ0) is 15.5. The van der Waals surface area contributed by atoms with E-state index in [1.54, 1.807) is 17.1 Å². The van der Waals surface area contributed by atoms with Gasteiger partial charge in [0.25, 0.3) is 5.91 Å². The van der Waals surface area contributed by atoms with Crippen molar-refractivity contribution in [2.75, 3.05) is 0 Å². The molecule has 1 aromatic carbocycles.